The predicted octanol–water partition coefficient (Wildman–Crippen LogP) is 3.67. The predicted molar refractivity (Wildman–Crippen MR) is 82.2 cm³/mol. The van der Waals surface area contributed by atoms with Crippen LogP contribution in [-0.4, -0.2) is 10.9 Å². The van der Waals surface area contributed by atoms with Crippen LogP contribution in [0.4, 0.5) is 0 Å². The molecule has 0 atom stereocenters. The number of hydrogen-bond acceptors (Lipinski definition) is 2. The van der Waals surface area contributed by atoms with Gasteiger partial charge in [-0.05, 0) is 39.2 Å². The Kier molecular flexibility index (Phi) is 5.10. The van der Waals surface area contributed by atoms with Gasteiger partial charge < -0.3 is 5.32 Å². The highest BCUT2D eigenvalue weighted by Gasteiger charge is 2.10. The van der Waals surface area contributed by atoms with Gasteiger partial charge in [-0.15, -0.1) is 0 Å². The second-order valence-corrected chi connectivity index (χ2v) is 5.38. The molecule has 0 unspecified atom stereocenters. The summed E-state index contributed by atoms with van der Waals surface area (Å²) in [6, 6.07) is 11.7. The second kappa shape index (κ2) is 6.82. The molecule has 0 spiro atoms. The summed E-state index contributed by atoms with van der Waals surface area (Å²) in [4.78, 5) is 16.0. The fourth-order valence-electron chi connectivity index (χ4n) is 1.57. The summed E-state index contributed by atoms with van der Waals surface area (Å²) >= 11 is 6.71. The maximum Gasteiger partial charge on any atom is 0.271 e. The second-order valence-electron chi connectivity index (χ2n) is 3.97. The van der Waals surface area contributed by atoms with Crippen molar-refractivity contribution in [2.75, 3.05) is 0 Å². The highest BCUT2D eigenvalue weighted by atomic mass is 79.9. The number of carbonyl (C=O) groups is 1. The van der Waals surface area contributed by atoms with E-state index in [0.29, 0.717) is 16.7 Å². The fourth-order valence-corrected chi connectivity index (χ4v) is 2.37. The monoisotopic (exact) mass is 382 g/mol. The Labute approximate surface area is 128 Å². The molecule has 0 saturated heterocycles. The minimum absolute atomic E-state index is 0.183. The molecule has 0 aliphatic heterocycles. The van der Waals surface area contributed by atoms with Crippen LogP contribution >= 0.6 is 31.9 Å². The van der Waals surface area contributed by atoms with Crippen molar-refractivity contribution in [3.8, 4) is 0 Å². The molecule has 98 valence electrons. The Morgan fingerprint density at radius 2 is 1.84 bits per heavy atom. The van der Waals surface area contributed by atoms with Crippen LogP contribution in [0.25, 0.3) is 0 Å². The molecule has 0 aliphatic rings. The Hall–Kier alpha value is -1.20. The number of aromatic nitrogens is 1. The average molecular weight is 384 g/mol. The standard InChI is InChI=1S/C14H12Br2N2O/c15-8-10-3-5-11(6-4-10)9-18-14(19)13-12(16)2-1-7-17-13/h1-7H,8-9H2,(H,18,19). The minimum Gasteiger partial charge on any atom is -0.347 e. The molecule has 1 aromatic heterocycles. The van der Waals surface area contributed by atoms with Crippen molar-refractivity contribution in [2.24, 2.45) is 0 Å². The molecule has 0 aliphatic carbocycles. The van der Waals surface area contributed by atoms with E-state index in [-0.39, 0.29) is 5.91 Å². The number of nitrogens with one attached hydrogen (secondary N) is 1. The van der Waals surface area contributed by atoms with Crippen molar-refractivity contribution < 1.29 is 4.79 Å². The van der Waals surface area contributed by atoms with Crippen LogP contribution < -0.4 is 5.32 Å². The van der Waals surface area contributed by atoms with E-state index in [0.717, 1.165) is 10.9 Å². The third kappa shape index (κ3) is 3.88. The number of nitrogens with zero attached hydrogens (tertiary/aromatic N) is 1. The molecule has 1 aromatic carbocycles. The van der Waals surface area contributed by atoms with E-state index < -0.39 is 0 Å². The first kappa shape index (κ1) is 14.2. The van der Waals surface area contributed by atoms with E-state index >= 15 is 0 Å². The van der Waals surface area contributed by atoms with Gasteiger partial charge in [-0.1, -0.05) is 40.2 Å². The molecule has 1 heterocycles. The molecule has 0 fully saturated rings. The van der Waals surface area contributed by atoms with Crippen LogP contribution in [-0.2, 0) is 11.9 Å². The molecule has 1 N–H and O–H groups in total. The fraction of sp³-hybridized carbons (Fsp3) is 0.143. The molecule has 0 saturated carbocycles. The van der Waals surface area contributed by atoms with Gasteiger partial charge in [0.1, 0.15) is 5.69 Å². The van der Waals surface area contributed by atoms with Gasteiger partial charge in [0, 0.05) is 22.5 Å². The molecular formula is C14H12Br2N2O. The number of rotatable bonds is 4. The molecule has 19 heavy (non-hydrogen) atoms. The maximum atomic E-state index is 12.0. The molecule has 5 heteroatoms. The van der Waals surface area contributed by atoms with Crippen molar-refractivity contribution in [2.45, 2.75) is 11.9 Å². The van der Waals surface area contributed by atoms with Crippen LogP contribution in [0.1, 0.15) is 21.6 Å². The molecule has 3 nitrogen and oxygen atoms in total. The number of pyridine rings is 1. The van der Waals surface area contributed by atoms with Crippen LogP contribution in [0.5, 0.6) is 0 Å². The van der Waals surface area contributed by atoms with Crippen LogP contribution in [0.3, 0.4) is 0 Å². The average Bonchev–Trinajstić information content (AvgIpc) is 2.46. The summed E-state index contributed by atoms with van der Waals surface area (Å²) in [6.07, 6.45) is 1.60. The zero-order valence-corrected chi connectivity index (χ0v) is 13.2. The van der Waals surface area contributed by atoms with Crippen LogP contribution in [0.15, 0.2) is 47.1 Å². The summed E-state index contributed by atoms with van der Waals surface area (Å²) in [5.74, 6) is -0.183. The lowest BCUT2D eigenvalue weighted by molar-refractivity contribution is 0.0945. The van der Waals surface area contributed by atoms with Crippen molar-refractivity contribution >= 4 is 37.8 Å². The van der Waals surface area contributed by atoms with Gasteiger partial charge in [-0.25, -0.2) is 4.98 Å². The van der Waals surface area contributed by atoms with Crippen molar-refractivity contribution in [3.05, 3.63) is 63.9 Å². The minimum atomic E-state index is -0.183. The number of amides is 1. The molecule has 2 rings (SSSR count). The highest BCUT2D eigenvalue weighted by Crippen LogP contribution is 2.13. The zero-order chi connectivity index (χ0) is 13.7. The van der Waals surface area contributed by atoms with E-state index in [2.05, 4.69) is 42.2 Å². The topological polar surface area (TPSA) is 42.0 Å². The van der Waals surface area contributed by atoms with Gasteiger partial charge in [0.05, 0.1) is 0 Å². The van der Waals surface area contributed by atoms with Crippen molar-refractivity contribution in [1.29, 1.82) is 0 Å². The number of hydrogen-bond donors (Lipinski definition) is 1. The third-order valence-electron chi connectivity index (χ3n) is 2.60. The summed E-state index contributed by atoms with van der Waals surface area (Å²) < 4.78 is 0.696. The summed E-state index contributed by atoms with van der Waals surface area (Å²) in [5, 5.41) is 3.68. The van der Waals surface area contributed by atoms with Gasteiger partial charge in [0.25, 0.3) is 5.91 Å². The first-order chi connectivity index (χ1) is 9.20. The molecule has 0 radical (unpaired) electrons. The van der Waals surface area contributed by atoms with Gasteiger partial charge in [-0.3, -0.25) is 4.79 Å². The summed E-state index contributed by atoms with van der Waals surface area (Å²) in [6.45, 7) is 0.490. The van der Waals surface area contributed by atoms with Gasteiger partial charge in [0.2, 0.25) is 0 Å². The Morgan fingerprint density at radius 1 is 1.16 bits per heavy atom. The molecular weight excluding hydrogens is 372 g/mol. The lowest BCUT2D eigenvalue weighted by Crippen LogP contribution is -2.24. The van der Waals surface area contributed by atoms with E-state index in [9.17, 15) is 4.79 Å². The lowest BCUT2D eigenvalue weighted by atomic mass is 10.1. The molecule has 1 amide bonds. The van der Waals surface area contributed by atoms with E-state index in [1.165, 1.54) is 5.56 Å². The Morgan fingerprint density at radius 3 is 2.47 bits per heavy atom. The highest BCUT2D eigenvalue weighted by molar-refractivity contribution is 9.10. The zero-order valence-electron chi connectivity index (χ0n) is 10.1. The third-order valence-corrected chi connectivity index (χ3v) is 3.89. The van der Waals surface area contributed by atoms with Crippen LogP contribution in [0, 0.1) is 0 Å². The first-order valence-electron chi connectivity index (χ1n) is 5.73. The van der Waals surface area contributed by atoms with E-state index in [1.54, 1.807) is 18.3 Å². The van der Waals surface area contributed by atoms with Gasteiger partial charge >= 0.3 is 0 Å². The summed E-state index contributed by atoms with van der Waals surface area (Å²) in [5.41, 5.74) is 2.67. The van der Waals surface area contributed by atoms with E-state index in [1.807, 2.05) is 24.3 Å². The maximum absolute atomic E-state index is 12.0. The SMILES string of the molecule is O=C(NCc1ccc(CBr)cc1)c1ncccc1Br. The Balaban J connectivity index is 1.98. The number of benzene rings is 1. The first-order valence-corrected chi connectivity index (χ1v) is 7.64. The number of carbonyl (C=O) groups excluding carboxylic acids is 1. The largest absolute Gasteiger partial charge is 0.347 e. The molecule has 0 bridgehead atoms. The smallest absolute Gasteiger partial charge is 0.271 e. The van der Waals surface area contributed by atoms with Gasteiger partial charge in [-0.2, -0.15) is 0 Å². The quantitative estimate of drug-likeness (QED) is 0.818. The van der Waals surface area contributed by atoms with Crippen LogP contribution in [0.2, 0.25) is 0 Å². The van der Waals surface area contributed by atoms with Gasteiger partial charge in [0.15, 0.2) is 0 Å². The molecule has 2 aromatic rings. The normalized spacial score (nSPS) is 10.2. The van der Waals surface area contributed by atoms with Crippen molar-refractivity contribution in [3.63, 3.8) is 0 Å². The number of alkyl halides is 1. The van der Waals surface area contributed by atoms with E-state index in [4.69, 9.17) is 0 Å². The Bertz CT molecular complexity index is 570. The summed E-state index contributed by atoms with van der Waals surface area (Å²) in [7, 11) is 0. The lowest BCUT2D eigenvalue weighted by Gasteiger charge is -2.06. The van der Waals surface area contributed by atoms with Crippen molar-refractivity contribution in [1.82, 2.24) is 10.3 Å². The number of halogens is 2.